The van der Waals surface area contributed by atoms with Crippen molar-refractivity contribution < 1.29 is 80.2 Å². The molecule has 0 aliphatic rings. The smallest absolute Gasteiger partial charge is 0.462 e. The van der Waals surface area contributed by atoms with E-state index >= 15 is 0 Å². The molecule has 0 aromatic heterocycles. The minimum atomic E-state index is -4.96. The third-order valence-corrected chi connectivity index (χ3v) is 20.7. The molecule has 0 radical (unpaired) electrons. The molecule has 588 valence electrons. The van der Waals surface area contributed by atoms with E-state index < -0.39 is 97.5 Å². The summed E-state index contributed by atoms with van der Waals surface area (Å²) in [6, 6.07) is 0. The van der Waals surface area contributed by atoms with E-state index in [0.29, 0.717) is 25.7 Å². The van der Waals surface area contributed by atoms with Crippen molar-refractivity contribution >= 4 is 39.5 Å². The number of rotatable bonds is 80. The van der Waals surface area contributed by atoms with Gasteiger partial charge < -0.3 is 33.8 Å². The van der Waals surface area contributed by atoms with Gasteiger partial charge in [0.15, 0.2) is 12.2 Å². The Morgan fingerprint density at radius 2 is 0.465 bits per heavy atom. The summed E-state index contributed by atoms with van der Waals surface area (Å²) in [5.41, 5.74) is 0. The van der Waals surface area contributed by atoms with E-state index in [1.54, 1.807) is 0 Å². The molecule has 0 aliphatic carbocycles. The van der Waals surface area contributed by atoms with E-state index in [0.717, 1.165) is 95.8 Å². The number of carbonyl (C=O) groups is 4. The molecule has 3 N–H and O–H groups in total. The Bertz CT molecular complexity index is 1890. The number of phosphoric ester groups is 2. The van der Waals surface area contributed by atoms with Gasteiger partial charge in [0, 0.05) is 25.7 Å². The Morgan fingerprint density at radius 1 is 0.273 bits per heavy atom. The van der Waals surface area contributed by atoms with Crippen molar-refractivity contribution in [2.45, 2.75) is 445 Å². The number of hydrogen-bond acceptors (Lipinski definition) is 15. The summed E-state index contributed by atoms with van der Waals surface area (Å²) in [4.78, 5) is 72.9. The summed E-state index contributed by atoms with van der Waals surface area (Å²) < 4.78 is 68.7. The topological polar surface area (TPSA) is 237 Å². The standard InChI is InChI=1S/C80H156O17P2/c1-6-9-12-15-18-21-23-25-27-29-31-33-35-40-45-50-55-60-65-79(84)97-76(70-91-78(83)64-59-54-49-44-39-34-32-30-28-26-24-22-19-16-13-10-7-2)72-95-99(88,89)93-68-74(81)67-92-98(86,87)94-71-75(69-90-77(82)63-58-53-48-42-20-17-14-11-8-3)96-80(85)66-61-56-51-46-41-37-36-38-43-47-52-57-62-73(4)5/h73-76,81H,6-72H2,1-5H3,(H,86,87)(H,88,89)/t74-,75+,76+/m0/s1. The second-order valence-electron chi connectivity index (χ2n) is 29.3. The van der Waals surface area contributed by atoms with Gasteiger partial charge in [0.25, 0.3) is 0 Å². The number of unbranched alkanes of at least 4 members (excludes halogenated alkanes) is 52. The van der Waals surface area contributed by atoms with Gasteiger partial charge in [-0.15, -0.1) is 0 Å². The van der Waals surface area contributed by atoms with Crippen molar-refractivity contribution in [2.75, 3.05) is 39.6 Å². The zero-order valence-corrected chi connectivity index (χ0v) is 66.4. The molecule has 0 heterocycles. The minimum Gasteiger partial charge on any atom is -0.462 e. The van der Waals surface area contributed by atoms with Crippen molar-refractivity contribution in [3.05, 3.63) is 0 Å². The van der Waals surface area contributed by atoms with E-state index in [4.69, 9.17) is 37.0 Å². The van der Waals surface area contributed by atoms with Crippen LogP contribution in [0.5, 0.6) is 0 Å². The quantitative estimate of drug-likeness (QED) is 0.0222. The molecule has 17 nitrogen and oxygen atoms in total. The molecule has 0 saturated heterocycles. The van der Waals surface area contributed by atoms with E-state index in [1.165, 1.54) is 250 Å². The normalized spacial score (nSPS) is 13.9. The first kappa shape index (κ1) is 97.1. The number of aliphatic hydroxyl groups is 1. The first-order chi connectivity index (χ1) is 48.0. The summed E-state index contributed by atoms with van der Waals surface area (Å²) in [6.45, 7) is 7.32. The van der Waals surface area contributed by atoms with Crippen LogP contribution in [0, 0.1) is 5.92 Å². The number of carbonyl (C=O) groups excluding carboxylic acids is 4. The van der Waals surface area contributed by atoms with Crippen molar-refractivity contribution in [1.29, 1.82) is 0 Å². The lowest BCUT2D eigenvalue weighted by molar-refractivity contribution is -0.161. The maximum absolute atomic E-state index is 13.1. The lowest BCUT2D eigenvalue weighted by Gasteiger charge is -2.21. The zero-order valence-electron chi connectivity index (χ0n) is 64.6. The van der Waals surface area contributed by atoms with Gasteiger partial charge >= 0.3 is 39.5 Å². The van der Waals surface area contributed by atoms with Crippen LogP contribution in [0.2, 0.25) is 0 Å². The molecule has 0 aromatic carbocycles. The van der Waals surface area contributed by atoms with Crippen LogP contribution < -0.4 is 0 Å². The molecule has 0 bridgehead atoms. The lowest BCUT2D eigenvalue weighted by atomic mass is 10.0. The second-order valence-corrected chi connectivity index (χ2v) is 32.2. The summed E-state index contributed by atoms with van der Waals surface area (Å²) in [5.74, 6) is -1.33. The molecule has 0 saturated carbocycles. The van der Waals surface area contributed by atoms with Crippen molar-refractivity contribution in [2.24, 2.45) is 5.92 Å². The molecule has 5 atom stereocenters. The van der Waals surface area contributed by atoms with Crippen LogP contribution in [0.15, 0.2) is 0 Å². The molecular formula is C80H156O17P2. The molecule has 0 aliphatic heterocycles. The van der Waals surface area contributed by atoms with Gasteiger partial charge in [0.2, 0.25) is 0 Å². The van der Waals surface area contributed by atoms with Crippen LogP contribution in [-0.4, -0.2) is 96.7 Å². The molecule has 2 unspecified atom stereocenters. The van der Waals surface area contributed by atoms with Gasteiger partial charge in [-0.25, -0.2) is 9.13 Å². The maximum atomic E-state index is 13.1. The first-order valence-electron chi connectivity index (χ1n) is 41.6. The molecule has 0 amide bonds. The minimum absolute atomic E-state index is 0.107. The van der Waals surface area contributed by atoms with Gasteiger partial charge in [-0.2, -0.15) is 0 Å². The molecule has 0 aromatic rings. The van der Waals surface area contributed by atoms with Crippen LogP contribution in [0.1, 0.15) is 426 Å². The highest BCUT2D eigenvalue weighted by Gasteiger charge is 2.30. The van der Waals surface area contributed by atoms with E-state index in [1.807, 2.05) is 0 Å². The SMILES string of the molecule is CCCCCCCCCCCCCCCCCCCCC(=O)O[C@H](COC(=O)CCCCCCCCCCCCCCCCCCC)COP(=O)(O)OC[C@@H](O)COP(=O)(O)OC[C@@H](COC(=O)CCCCCCCCCCC)OC(=O)CCCCCCCCCCCCCCC(C)C. The largest absolute Gasteiger partial charge is 0.472 e. The third kappa shape index (κ3) is 74.1. The molecular weight excluding hydrogens is 1290 g/mol. The molecule has 0 spiro atoms. The highest BCUT2D eigenvalue weighted by Crippen LogP contribution is 2.45. The van der Waals surface area contributed by atoms with E-state index in [9.17, 15) is 43.2 Å². The van der Waals surface area contributed by atoms with Crippen LogP contribution in [0.3, 0.4) is 0 Å². The van der Waals surface area contributed by atoms with Crippen LogP contribution >= 0.6 is 15.6 Å². The van der Waals surface area contributed by atoms with Gasteiger partial charge in [0.05, 0.1) is 26.4 Å². The lowest BCUT2D eigenvalue weighted by Crippen LogP contribution is -2.30. The first-order valence-corrected chi connectivity index (χ1v) is 44.6. The number of ether oxygens (including phenoxy) is 4. The Kier molecular flexibility index (Phi) is 71.6. The Hall–Kier alpha value is -1.94. The van der Waals surface area contributed by atoms with Crippen LogP contribution in [0.25, 0.3) is 0 Å². The van der Waals surface area contributed by atoms with Gasteiger partial charge in [-0.1, -0.05) is 375 Å². The molecule has 99 heavy (non-hydrogen) atoms. The summed E-state index contributed by atoms with van der Waals surface area (Å²) in [7, 11) is -9.92. The summed E-state index contributed by atoms with van der Waals surface area (Å²) in [5, 5.41) is 10.6. The zero-order chi connectivity index (χ0) is 72.7. The highest BCUT2D eigenvalue weighted by molar-refractivity contribution is 7.47. The number of esters is 4. The van der Waals surface area contributed by atoms with Crippen LogP contribution in [0.4, 0.5) is 0 Å². The highest BCUT2D eigenvalue weighted by atomic mass is 31.2. The van der Waals surface area contributed by atoms with Gasteiger partial charge in [-0.3, -0.25) is 37.3 Å². The fraction of sp³-hybridized carbons (Fsp3) is 0.950. The van der Waals surface area contributed by atoms with Crippen molar-refractivity contribution in [3.63, 3.8) is 0 Å². The van der Waals surface area contributed by atoms with Gasteiger partial charge in [0.1, 0.15) is 19.3 Å². The fourth-order valence-corrected chi connectivity index (χ4v) is 14.0. The van der Waals surface area contributed by atoms with E-state index in [-0.39, 0.29) is 25.7 Å². The molecule has 0 fully saturated rings. The predicted octanol–water partition coefficient (Wildman–Crippen LogP) is 24.0. The Labute approximate surface area is 607 Å². The average Bonchev–Trinajstić information content (AvgIpc) is 1.17. The fourth-order valence-electron chi connectivity index (χ4n) is 12.4. The average molecular weight is 1450 g/mol. The monoisotopic (exact) mass is 1450 g/mol. The van der Waals surface area contributed by atoms with Crippen molar-refractivity contribution in [1.82, 2.24) is 0 Å². The number of hydrogen-bond donors (Lipinski definition) is 3. The van der Waals surface area contributed by atoms with Gasteiger partial charge in [-0.05, 0) is 31.6 Å². The summed E-state index contributed by atoms with van der Waals surface area (Å²) >= 11 is 0. The van der Waals surface area contributed by atoms with E-state index in [2.05, 4.69) is 34.6 Å². The number of phosphoric acid groups is 2. The van der Waals surface area contributed by atoms with Crippen molar-refractivity contribution in [3.8, 4) is 0 Å². The summed E-state index contributed by atoms with van der Waals surface area (Å²) in [6.07, 6.45) is 63.8. The number of aliphatic hydroxyl groups excluding tert-OH is 1. The van der Waals surface area contributed by atoms with Crippen LogP contribution in [-0.2, 0) is 65.4 Å². The maximum Gasteiger partial charge on any atom is 0.472 e. The molecule has 0 rings (SSSR count). The predicted molar refractivity (Wildman–Crippen MR) is 405 cm³/mol. The second kappa shape index (κ2) is 73.0. The Balaban J connectivity index is 5.22. The molecule has 19 heteroatoms. The Morgan fingerprint density at radius 3 is 0.687 bits per heavy atom. The third-order valence-electron chi connectivity index (χ3n) is 18.8.